The predicted molar refractivity (Wildman–Crippen MR) is 48.6 cm³/mol. The van der Waals surface area contributed by atoms with Crippen molar-refractivity contribution in [2.24, 2.45) is 0 Å². The summed E-state index contributed by atoms with van der Waals surface area (Å²) in [5.41, 5.74) is 0. The summed E-state index contributed by atoms with van der Waals surface area (Å²) in [4.78, 5) is 1.90. The number of nitrogens with zero attached hydrogens (tertiary/aromatic N) is 1. The van der Waals surface area contributed by atoms with Crippen LogP contribution in [0.5, 0.6) is 0 Å². The minimum atomic E-state index is -0.893. The molecule has 2 saturated heterocycles. The molecule has 2 aliphatic rings. The Morgan fingerprint density at radius 2 is 1.86 bits per heavy atom. The normalized spacial score (nSPS) is 49.3. The molecule has 0 saturated carbocycles. The molecule has 0 aromatic heterocycles. The maximum Gasteiger partial charge on any atom is 0.0991 e. The van der Waals surface area contributed by atoms with Gasteiger partial charge in [-0.3, -0.25) is 4.90 Å². The Labute approximate surface area is 82.6 Å². The molecule has 82 valence electrons. The summed E-state index contributed by atoms with van der Waals surface area (Å²) in [7, 11) is 0. The first-order chi connectivity index (χ1) is 6.65. The highest BCUT2D eigenvalue weighted by atomic mass is 16.3. The van der Waals surface area contributed by atoms with E-state index >= 15 is 0 Å². The van der Waals surface area contributed by atoms with Gasteiger partial charge in [-0.2, -0.15) is 0 Å². The van der Waals surface area contributed by atoms with Crippen LogP contribution in [0.1, 0.15) is 12.8 Å². The summed E-state index contributed by atoms with van der Waals surface area (Å²) in [6, 6.07) is -0.576. The van der Waals surface area contributed by atoms with Gasteiger partial charge >= 0.3 is 0 Å². The van der Waals surface area contributed by atoms with E-state index in [2.05, 4.69) is 0 Å². The molecule has 0 amide bonds. The van der Waals surface area contributed by atoms with Gasteiger partial charge < -0.3 is 20.4 Å². The summed E-state index contributed by atoms with van der Waals surface area (Å²) < 4.78 is 0. The molecule has 0 bridgehead atoms. The van der Waals surface area contributed by atoms with E-state index in [1.165, 1.54) is 0 Å². The zero-order valence-corrected chi connectivity index (χ0v) is 7.95. The third-order valence-electron chi connectivity index (χ3n) is 3.41. The summed E-state index contributed by atoms with van der Waals surface area (Å²) in [5.74, 6) is 0. The maximum absolute atomic E-state index is 9.70. The number of aliphatic hydroxyl groups excluding tert-OH is 4. The van der Waals surface area contributed by atoms with Gasteiger partial charge in [-0.05, 0) is 12.8 Å². The zero-order chi connectivity index (χ0) is 10.3. The summed E-state index contributed by atoms with van der Waals surface area (Å²) >= 11 is 0. The molecule has 0 aromatic carbocycles. The molecular weight excluding hydrogens is 186 g/mol. The fourth-order valence-corrected chi connectivity index (χ4v) is 2.61. The number of fused-ring (bicyclic) bond motifs is 1. The Balaban J connectivity index is 2.13. The molecule has 4 N–H and O–H groups in total. The zero-order valence-electron chi connectivity index (χ0n) is 7.95. The van der Waals surface area contributed by atoms with Crippen molar-refractivity contribution in [3.05, 3.63) is 0 Å². The minimum Gasteiger partial charge on any atom is -0.395 e. The highest BCUT2D eigenvalue weighted by Gasteiger charge is 2.49. The van der Waals surface area contributed by atoms with Crippen molar-refractivity contribution in [2.75, 3.05) is 13.2 Å². The van der Waals surface area contributed by atoms with Crippen LogP contribution >= 0.6 is 0 Å². The van der Waals surface area contributed by atoms with E-state index < -0.39 is 18.3 Å². The first kappa shape index (κ1) is 10.3. The Bertz CT molecular complexity index is 213. The van der Waals surface area contributed by atoms with Crippen LogP contribution in [0.4, 0.5) is 0 Å². The van der Waals surface area contributed by atoms with E-state index in [1.807, 2.05) is 4.90 Å². The number of aliphatic hydroxyl groups is 4. The molecule has 5 atom stereocenters. The van der Waals surface area contributed by atoms with Crippen molar-refractivity contribution in [3.8, 4) is 0 Å². The molecule has 0 aromatic rings. The largest absolute Gasteiger partial charge is 0.395 e. The second-order valence-corrected chi connectivity index (χ2v) is 4.21. The molecule has 5 heteroatoms. The summed E-state index contributed by atoms with van der Waals surface area (Å²) in [6.45, 7) is 0.482. The lowest BCUT2D eigenvalue weighted by Gasteiger charge is -2.35. The van der Waals surface area contributed by atoms with E-state index in [0.717, 1.165) is 0 Å². The Morgan fingerprint density at radius 3 is 2.50 bits per heavy atom. The van der Waals surface area contributed by atoms with Crippen LogP contribution in [0, 0.1) is 0 Å². The molecule has 0 spiro atoms. The Hall–Kier alpha value is -0.200. The molecule has 2 rings (SSSR count). The first-order valence-corrected chi connectivity index (χ1v) is 5.06. The van der Waals surface area contributed by atoms with Crippen LogP contribution in [0.3, 0.4) is 0 Å². The topological polar surface area (TPSA) is 84.2 Å². The molecule has 0 radical (unpaired) electrons. The number of hydrogen-bond donors (Lipinski definition) is 4. The van der Waals surface area contributed by atoms with Crippen LogP contribution in [0.2, 0.25) is 0 Å². The smallest absolute Gasteiger partial charge is 0.0991 e. The molecule has 2 heterocycles. The highest BCUT2D eigenvalue weighted by molar-refractivity contribution is 5.03. The monoisotopic (exact) mass is 203 g/mol. The van der Waals surface area contributed by atoms with Crippen LogP contribution in [0.25, 0.3) is 0 Å². The van der Waals surface area contributed by atoms with Crippen LogP contribution in [0.15, 0.2) is 0 Å². The van der Waals surface area contributed by atoms with E-state index in [4.69, 9.17) is 5.11 Å². The molecule has 5 nitrogen and oxygen atoms in total. The average molecular weight is 203 g/mol. The molecule has 0 unspecified atom stereocenters. The van der Waals surface area contributed by atoms with Gasteiger partial charge in [0.15, 0.2) is 0 Å². The summed E-state index contributed by atoms with van der Waals surface area (Å²) in [5, 5.41) is 37.9. The van der Waals surface area contributed by atoms with Crippen molar-refractivity contribution in [3.63, 3.8) is 0 Å². The third-order valence-corrected chi connectivity index (χ3v) is 3.41. The lowest BCUT2D eigenvalue weighted by atomic mass is 9.98. The molecule has 0 aliphatic carbocycles. The lowest BCUT2D eigenvalue weighted by Crippen LogP contribution is -2.47. The maximum atomic E-state index is 9.70. The first-order valence-electron chi connectivity index (χ1n) is 5.06. The van der Waals surface area contributed by atoms with Crippen molar-refractivity contribution in [1.29, 1.82) is 0 Å². The van der Waals surface area contributed by atoms with E-state index in [0.29, 0.717) is 19.4 Å². The second-order valence-electron chi connectivity index (χ2n) is 4.21. The minimum absolute atomic E-state index is 0.148. The Morgan fingerprint density at radius 1 is 1.14 bits per heavy atom. The SMILES string of the molecule is OC[C@@H]1[C@@H](O)[C@@H](O)[C@@H]2C[C@H](O)CCN12. The van der Waals surface area contributed by atoms with Crippen molar-refractivity contribution in [2.45, 2.75) is 43.2 Å². The van der Waals surface area contributed by atoms with Gasteiger partial charge in [0.2, 0.25) is 0 Å². The van der Waals surface area contributed by atoms with Crippen LogP contribution < -0.4 is 0 Å². The number of rotatable bonds is 1. The van der Waals surface area contributed by atoms with Gasteiger partial charge in [-0.25, -0.2) is 0 Å². The van der Waals surface area contributed by atoms with E-state index in [-0.39, 0.29) is 18.7 Å². The fourth-order valence-electron chi connectivity index (χ4n) is 2.61. The highest BCUT2D eigenvalue weighted by Crippen LogP contribution is 2.32. The molecule has 14 heavy (non-hydrogen) atoms. The van der Waals surface area contributed by atoms with Gasteiger partial charge in [0.1, 0.15) is 0 Å². The van der Waals surface area contributed by atoms with Crippen LogP contribution in [-0.4, -0.2) is 68.9 Å². The second kappa shape index (κ2) is 3.75. The Kier molecular flexibility index (Phi) is 2.77. The average Bonchev–Trinajstić information content (AvgIpc) is 2.41. The lowest BCUT2D eigenvalue weighted by molar-refractivity contribution is 0.00361. The third kappa shape index (κ3) is 1.45. The number of hydrogen-bond acceptors (Lipinski definition) is 5. The van der Waals surface area contributed by atoms with E-state index in [1.54, 1.807) is 0 Å². The quantitative estimate of drug-likeness (QED) is 0.393. The number of piperidine rings is 1. The van der Waals surface area contributed by atoms with Crippen molar-refractivity contribution in [1.82, 2.24) is 4.90 Å². The van der Waals surface area contributed by atoms with Gasteiger partial charge in [0.05, 0.1) is 31.0 Å². The van der Waals surface area contributed by atoms with Crippen molar-refractivity contribution >= 4 is 0 Å². The molecular formula is C9H17NO4. The van der Waals surface area contributed by atoms with Crippen molar-refractivity contribution < 1.29 is 20.4 Å². The van der Waals surface area contributed by atoms with Gasteiger partial charge in [-0.15, -0.1) is 0 Å². The molecule has 2 fully saturated rings. The van der Waals surface area contributed by atoms with Gasteiger partial charge in [-0.1, -0.05) is 0 Å². The van der Waals surface area contributed by atoms with E-state index in [9.17, 15) is 15.3 Å². The van der Waals surface area contributed by atoms with Crippen LogP contribution in [-0.2, 0) is 0 Å². The predicted octanol–water partition coefficient (Wildman–Crippen LogP) is -2.09. The molecule has 2 aliphatic heterocycles. The summed E-state index contributed by atoms with van der Waals surface area (Å²) in [6.07, 6.45) is -1.01. The standard InChI is InChI=1S/C9H17NO4/c11-4-7-9(14)8(13)6-3-5(12)1-2-10(6)7/h5-9,11-14H,1-4H2/t5-,6+,7-,8+,9-/m1/s1. The van der Waals surface area contributed by atoms with Gasteiger partial charge in [0.25, 0.3) is 0 Å². The van der Waals surface area contributed by atoms with Gasteiger partial charge in [0, 0.05) is 12.6 Å². The fraction of sp³-hybridized carbons (Fsp3) is 1.00.